The molecule has 0 saturated heterocycles. The fourth-order valence-electron chi connectivity index (χ4n) is 3.85. The molecule has 18 heavy (non-hydrogen) atoms. The van der Waals surface area contributed by atoms with E-state index in [4.69, 9.17) is 9.47 Å². The van der Waals surface area contributed by atoms with E-state index in [1.807, 2.05) is 19.9 Å². The van der Waals surface area contributed by atoms with Crippen LogP contribution in [0, 0.1) is 11.3 Å². The first-order valence-corrected chi connectivity index (χ1v) is 7.03. The Kier molecular flexibility index (Phi) is 3.58. The van der Waals surface area contributed by atoms with Gasteiger partial charge in [0.25, 0.3) is 0 Å². The minimum absolute atomic E-state index is 0.0689. The largest absolute Gasteiger partial charge is 0.324 e. The highest BCUT2D eigenvalue weighted by Gasteiger charge is 2.60. The molecule has 0 aromatic heterocycles. The summed E-state index contributed by atoms with van der Waals surface area (Å²) in [5.41, 5.74) is -0.546. The van der Waals surface area contributed by atoms with Crippen LogP contribution < -0.4 is 0 Å². The van der Waals surface area contributed by atoms with E-state index < -0.39 is 11.6 Å². The van der Waals surface area contributed by atoms with Crippen LogP contribution in [0.15, 0.2) is 12.7 Å². The van der Waals surface area contributed by atoms with Gasteiger partial charge in [0.15, 0.2) is 0 Å². The summed E-state index contributed by atoms with van der Waals surface area (Å²) in [4.78, 5) is 0. The topological polar surface area (TPSA) is 18.5 Å². The number of ether oxygens (including phenoxy) is 2. The lowest BCUT2D eigenvalue weighted by molar-refractivity contribution is -0.357. The second-order valence-corrected chi connectivity index (χ2v) is 6.19. The van der Waals surface area contributed by atoms with Crippen molar-refractivity contribution in [1.29, 1.82) is 0 Å². The summed E-state index contributed by atoms with van der Waals surface area (Å²) in [5, 5.41) is 0. The number of hydrogen-bond acceptors (Lipinski definition) is 2. The van der Waals surface area contributed by atoms with Gasteiger partial charge in [0, 0.05) is 12.3 Å². The summed E-state index contributed by atoms with van der Waals surface area (Å²) in [6.45, 7) is 9.68. The van der Waals surface area contributed by atoms with E-state index in [1.165, 1.54) is 13.3 Å². The molecule has 0 aromatic carbocycles. The molecule has 2 fully saturated rings. The van der Waals surface area contributed by atoms with Gasteiger partial charge in [-0.05, 0) is 44.9 Å². The molecule has 2 bridgehead atoms. The standard InChI is InChI=1S/C15H25FO2/c1-5-9-17-14(4,16)18-13(3)10-12-7-8-15(13,6-2)11-12/h6,12H,2,5,7-11H2,1,3-4H3. The molecular formula is C15H25FO2. The Hall–Kier alpha value is -0.410. The van der Waals surface area contributed by atoms with E-state index in [0.717, 1.165) is 25.7 Å². The van der Waals surface area contributed by atoms with Crippen molar-refractivity contribution >= 4 is 0 Å². The summed E-state index contributed by atoms with van der Waals surface area (Å²) < 4.78 is 25.3. The molecule has 0 aliphatic heterocycles. The van der Waals surface area contributed by atoms with E-state index in [9.17, 15) is 4.39 Å². The Morgan fingerprint density at radius 3 is 2.78 bits per heavy atom. The minimum Gasteiger partial charge on any atom is -0.324 e. The lowest BCUT2D eigenvalue weighted by atomic mass is 9.72. The van der Waals surface area contributed by atoms with Gasteiger partial charge in [-0.15, -0.1) is 6.58 Å². The fraction of sp³-hybridized carbons (Fsp3) is 0.867. The van der Waals surface area contributed by atoms with Crippen molar-refractivity contribution in [2.75, 3.05) is 6.61 Å². The molecule has 0 N–H and O–H groups in total. The third kappa shape index (κ3) is 2.23. The lowest BCUT2D eigenvalue weighted by Gasteiger charge is -2.45. The molecule has 2 saturated carbocycles. The smallest absolute Gasteiger partial charge is 0.317 e. The molecule has 0 heterocycles. The highest BCUT2D eigenvalue weighted by molar-refractivity contribution is 5.17. The van der Waals surface area contributed by atoms with Crippen molar-refractivity contribution in [3.8, 4) is 0 Å². The molecule has 4 unspecified atom stereocenters. The summed E-state index contributed by atoms with van der Waals surface area (Å²) in [5.74, 6) is 0.648. The van der Waals surface area contributed by atoms with Crippen LogP contribution in [0.25, 0.3) is 0 Å². The molecule has 3 heteroatoms. The number of rotatable bonds is 6. The molecule has 4 atom stereocenters. The normalized spacial score (nSPS) is 41.9. The first kappa shape index (κ1) is 14.0. The van der Waals surface area contributed by atoms with Gasteiger partial charge < -0.3 is 9.47 Å². The Labute approximate surface area is 110 Å². The molecule has 2 aliphatic rings. The minimum atomic E-state index is -1.99. The number of alkyl halides is 1. The molecule has 2 nitrogen and oxygen atoms in total. The zero-order valence-corrected chi connectivity index (χ0v) is 11.8. The van der Waals surface area contributed by atoms with Crippen molar-refractivity contribution in [2.24, 2.45) is 11.3 Å². The SMILES string of the molecule is C=CC12CCC(C1)CC2(C)OC(C)(F)OCCC. The maximum absolute atomic E-state index is 14.3. The van der Waals surface area contributed by atoms with E-state index in [-0.39, 0.29) is 5.41 Å². The molecule has 0 spiro atoms. The molecule has 0 aromatic rings. The van der Waals surface area contributed by atoms with E-state index >= 15 is 0 Å². The van der Waals surface area contributed by atoms with Gasteiger partial charge in [-0.3, -0.25) is 0 Å². The first-order chi connectivity index (χ1) is 8.36. The second kappa shape index (κ2) is 4.61. The fourth-order valence-corrected chi connectivity index (χ4v) is 3.85. The molecular weight excluding hydrogens is 231 g/mol. The Bertz CT molecular complexity index is 328. The summed E-state index contributed by atoms with van der Waals surface area (Å²) >= 11 is 0. The van der Waals surface area contributed by atoms with Crippen LogP contribution in [0.5, 0.6) is 0 Å². The zero-order valence-electron chi connectivity index (χ0n) is 11.8. The molecule has 2 rings (SSSR count). The zero-order chi connectivity index (χ0) is 13.4. The van der Waals surface area contributed by atoms with Crippen LogP contribution >= 0.6 is 0 Å². The van der Waals surface area contributed by atoms with E-state index in [0.29, 0.717) is 12.5 Å². The molecule has 104 valence electrons. The number of halogens is 1. The Morgan fingerprint density at radius 1 is 1.50 bits per heavy atom. The van der Waals surface area contributed by atoms with Gasteiger partial charge in [-0.2, -0.15) is 4.39 Å². The maximum atomic E-state index is 14.3. The van der Waals surface area contributed by atoms with Crippen molar-refractivity contribution in [3.63, 3.8) is 0 Å². The quantitative estimate of drug-likeness (QED) is 0.523. The van der Waals surface area contributed by atoms with Crippen molar-refractivity contribution < 1.29 is 13.9 Å². The van der Waals surface area contributed by atoms with Crippen LogP contribution in [0.3, 0.4) is 0 Å². The van der Waals surface area contributed by atoms with Gasteiger partial charge in [0.05, 0.1) is 12.2 Å². The van der Waals surface area contributed by atoms with Gasteiger partial charge in [-0.1, -0.05) is 13.0 Å². The average Bonchev–Trinajstić information content (AvgIpc) is 2.81. The van der Waals surface area contributed by atoms with Crippen LogP contribution in [-0.4, -0.2) is 18.2 Å². The summed E-state index contributed by atoms with van der Waals surface area (Å²) in [6, 6.07) is -1.99. The van der Waals surface area contributed by atoms with Crippen LogP contribution in [0.1, 0.15) is 52.9 Å². The number of fused-ring (bicyclic) bond motifs is 2. The predicted molar refractivity (Wildman–Crippen MR) is 69.8 cm³/mol. The van der Waals surface area contributed by atoms with Crippen molar-refractivity contribution in [2.45, 2.75) is 64.5 Å². The van der Waals surface area contributed by atoms with Crippen LogP contribution in [0.4, 0.5) is 4.39 Å². The van der Waals surface area contributed by atoms with Crippen LogP contribution in [-0.2, 0) is 9.47 Å². The van der Waals surface area contributed by atoms with E-state index in [2.05, 4.69) is 6.58 Å². The number of hydrogen-bond donors (Lipinski definition) is 0. The molecule has 0 radical (unpaired) electrons. The van der Waals surface area contributed by atoms with E-state index in [1.54, 1.807) is 0 Å². The Morgan fingerprint density at radius 2 is 2.22 bits per heavy atom. The van der Waals surface area contributed by atoms with Crippen LogP contribution in [0.2, 0.25) is 0 Å². The summed E-state index contributed by atoms with van der Waals surface area (Å²) in [6.07, 6.45) is 7.03. The lowest BCUT2D eigenvalue weighted by Crippen LogP contribution is -2.49. The average molecular weight is 256 g/mol. The van der Waals surface area contributed by atoms with Gasteiger partial charge >= 0.3 is 6.04 Å². The second-order valence-electron chi connectivity index (χ2n) is 6.19. The third-order valence-electron chi connectivity index (χ3n) is 4.75. The molecule has 0 amide bonds. The Balaban J connectivity index is 2.10. The third-order valence-corrected chi connectivity index (χ3v) is 4.75. The highest BCUT2D eigenvalue weighted by atomic mass is 19.2. The van der Waals surface area contributed by atoms with Gasteiger partial charge in [-0.25, -0.2) is 0 Å². The van der Waals surface area contributed by atoms with Gasteiger partial charge in [0.1, 0.15) is 0 Å². The first-order valence-electron chi connectivity index (χ1n) is 7.03. The highest BCUT2D eigenvalue weighted by Crippen LogP contribution is 2.62. The van der Waals surface area contributed by atoms with Gasteiger partial charge in [0.2, 0.25) is 0 Å². The monoisotopic (exact) mass is 256 g/mol. The molecule has 2 aliphatic carbocycles. The summed E-state index contributed by atoms with van der Waals surface area (Å²) in [7, 11) is 0. The van der Waals surface area contributed by atoms with Crippen molar-refractivity contribution in [3.05, 3.63) is 12.7 Å². The maximum Gasteiger partial charge on any atom is 0.317 e. The predicted octanol–water partition coefficient (Wildman–Crippen LogP) is 4.21. The van der Waals surface area contributed by atoms with Crippen molar-refractivity contribution in [1.82, 2.24) is 0 Å².